The van der Waals surface area contributed by atoms with E-state index in [0.717, 1.165) is 50.3 Å². The van der Waals surface area contributed by atoms with Crippen molar-refractivity contribution in [3.05, 3.63) is 23.0 Å². The van der Waals surface area contributed by atoms with Crippen molar-refractivity contribution < 1.29 is 4.79 Å². The molecule has 0 bridgehead atoms. The van der Waals surface area contributed by atoms with Crippen molar-refractivity contribution in [2.45, 2.75) is 46.6 Å². The lowest BCUT2D eigenvalue weighted by Gasteiger charge is -2.32. The van der Waals surface area contributed by atoms with Gasteiger partial charge in [-0.05, 0) is 58.6 Å². The third-order valence-corrected chi connectivity index (χ3v) is 4.50. The van der Waals surface area contributed by atoms with Gasteiger partial charge in [0.25, 0.3) is 5.91 Å². The minimum atomic E-state index is 0. The first-order chi connectivity index (χ1) is 9.58. The Kier molecular flexibility index (Phi) is 6.75. The topological polar surface area (TPSA) is 51.3 Å². The molecule has 1 aliphatic rings. The average molecular weight is 314 g/mol. The number of aromatic nitrogens is 1. The summed E-state index contributed by atoms with van der Waals surface area (Å²) in [6, 6.07) is 2.04. The van der Waals surface area contributed by atoms with Crippen molar-refractivity contribution in [1.82, 2.24) is 9.47 Å². The number of amides is 1. The van der Waals surface area contributed by atoms with Gasteiger partial charge in [0.05, 0.1) is 5.56 Å². The van der Waals surface area contributed by atoms with E-state index in [9.17, 15) is 4.79 Å². The quantitative estimate of drug-likeness (QED) is 0.929. The molecule has 1 unspecified atom stereocenters. The number of likely N-dealkylation sites (tertiary alicyclic amines) is 1. The lowest BCUT2D eigenvalue weighted by Crippen LogP contribution is -2.40. The number of rotatable bonds is 4. The lowest BCUT2D eigenvalue weighted by molar-refractivity contribution is 0.0668. The highest BCUT2D eigenvalue weighted by molar-refractivity contribution is 5.95. The van der Waals surface area contributed by atoms with E-state index < -0.39 is 0 Å². The highest BCUT2D eigenvalue weighted by Crippen LogP contribution is 2.23. The molecule has 2 rings (SSSR count). The molecule has 1 saturated heterocycles. The molecule has 120 valence electrons. The van der Waals surface area contributed by atoms with E-state index in [-0.39, 0.29) is 18.3 Å². The van der Waals surface area contributed by atoms with E-state index in [1.165, 1.54) is 12.1 Å². The summed E-state index contributed by atoms with van der Waals surface area (Å²) in [6.45, 7) is 9.62. The number of aryl methyl sites for hydroxylation is 1. The fraction of sp³-hybridized carbons (Fsp3) is 0.688. The van der Waals surface area contributed by atoms with Gasteiger partial charge in [0.1, 0.15) is 0 Å². The fourth-order valence-corrected chi connectivity index (χ4v) is 3.40. The van der Waals surface area contributed by atoms with Crippen molar-refractivity contribution in [1.29, 1.82) is 0 Å². The Morgan fingerprint density at radius 1 is 1.43 bits per heavy atom. The van der Waals surface area contributed by atoms with Crippen molar-refractivity contribution in [2.75, 3.05) is 19.6 Å². The molecule has 0 spiro atoms. The van der Waals surface area contributed by atoms with Gasteiger partial charge in [-0.3, -0.25) is 4.79 Å². The van der Waals surface area contributed by atoms with Crippen LogP contribution in [0.5, 0.6) is 0 Å². The van der Waals surface area contributed by atoms with Crippen molar-refractivity contribution in [3.63, 3.8) is 0 Å². The SMILES string of the molecule is CCn1c(C)cc(C(=O)N2CCCC(CCN)C2)c1C.Cl. The van der Waals surface area contributed by atoms with E-state index in [4.69, 9.17) is 5.73 Å². The Balaban J connectivity index is 0.00000220. The number of hydrogen-bond donors (Lipinski definition) is 1. The van der Waals surface area contributed by atoms with Crippen molar-refractivity contribution >= 4 is 18.3 Å². The molecule has 4 nitrogen and oxygen atoms in total. The Labute approximate surface area is 134 Å². The van der Waals surface area contributed by atoms with Crippen molar-refractivity contribution in [2.24, 2.45) is 11.7 Å². The molecular weight excluding hydrogens is 286 g/mol. The Hall–Kier alpha value is -1.00. The summed E-state index contributed by atoms with van der Waals surface area (Å²) in [6.07, 6.45) is 3.33. The number of piperidine rings is 1. The van der Waals surface area contributed by atoms with Crippen LogP contribution < -0.4 is 5.73 Å². The summed E-state index contributed by atoms with van der Waals surface area (Å²) in [5.74, 6) is 0.770. The first-order valence-electron chi connectivity index (χ1n) is 7.74. The molecule has 1 aromatic heterocycles. The molecule has 5 heteroatoms. The Morgan fingerprint density at radius 2 is 2.14 bits per heavy atom. The summed E-state index contributed by atoms with van der Waals surface area (Å²) in [5, 5.41) is 0. The van der Waals surface area contributed by atoms with Crippen LogP contribution in [0, 0.1) is 19.8 Å². The highest BCUT2D eigenvalue weighted by atomic mass is 35.5. The number of halogens is 1. The van der Waals surface area contributed by atoms with Crippen LogP contribution in [0.2, 0.25) is 0 Å². The van der Waals surface area contributed by atoms with Crippen LogP contribution in [0.4, 0.5) is 0 Å². The summed E-state index contributed by atoms with van der Waals surface area (Å²) in [4.78, 5) is 14.8. The standard InChI is InChI=1S/C16H27N3O.ClH/c1-4-19-12(2)10-15(13(19)3)16(20)18-9-5-6-14(11-18)7-8-17;/h10,14H,4-9,11,17H2,1-3H3;1H. The van der Waals surface area contributed by atoms with Crippen molar-refractivity contribution in [3.8, 4) is 0 Å². The molecule has 0 aliphatic carbocycles. The van der Waals surface area contributed by atoms with Crippen LogP contribution in [-0.4, -0.2) is 35.0 Å². The summed E-state index contributed by atoms with van der Waals surface area (Å²) in [7, 11) is 0. The minimum Gasteiger partial charge on any atom is -0.349 e. The molecule has 1 atom stereocenters. The molecule has 1 fully saturated rings. The lowest BCUT2D eigenvalue weighted by atomic mass is 9.94. The molecular formula is C16H28ClN3O. The fourth-order valence-electron chi connectivity index (χ4n) is 3.40. The van der Waals surface area contributed by atoms with Gasteiger partial charge in [-0.25, -0.2) is 0 Å². The zero-order chi connectivity index (χ0) is 14.7. The van der Waals surface area contributed by atoms with Gasteiger partial charge < -0.3 is 15.2 Å². The second kappa shape index (κ2) is 7.85. The average Bonchev–Trinajstić information content (AvgIpc) is 2.73. The van der Waals surface area contributed by atoms with Crippen LogP contribution in [0.15, 0.2) is 6.07 Å². The maximum Gasteiger partial charge on any atom is 0.255 e. The summed E-state index contributed by atoms with van der Waals surface area (Å²) in [5.41, 5.74) is 8.79. The second-order valence-electron chi connectivity index (χ2n) is 5.87. The van der Waals surface area contributed by atoms with Gasteiger partial charge in [0.15, 0.2) is 0 Å². The van der Waals surface area contributed by atoms with Gasteiger partial charge >= 0.3 is 0 Å². The highest BCUT2D eigenvalue weighted by Gasteiger charge is 2.26. The molecule has 1 aliphatic heterocycles. The van der Waals surface area contributed by atoms with Crippen LogP contribution in [-0.2, 0) is 6.54 Å². The first kappa shape index (κ1) is 18.1. The van der Waals surface area contributed by atoms with E-state index >= 15 is 0 Å². The maximum atomic E-state index is 12.7. The molecule has 0 aromatic carbocycles. The summed E-state index contributed by atoms with van der Waals surface area (Å²) < 4.78 is 2.20. The Morgan fingerprint density at radius 3 is 2.71 bits per heavy atom. The zero-order valence-electron chi connectivity index (χ0n) is 13.4. The predicted octanol–water partition coefficient (Wildman–Crippen LogP) is 2.75. The molecule has 0 radical (unpaired) electrons. The first-order valence-corrected chi connectivity index (χ1v) is 7.74. The number of carbonyl (C=O) groups excluding carboxylic acids is 1. The smallest absolute Gasteiger partial charge is 0.255 e. The largest absolute Gasteiger partial charge is 0.349 e. The van der Waals surface area contributed by atoms with Gasteiger partial charge in [-0.1, -0.05) is 0 Å². The number of hydrogen-bond acceptors (Lipinski definition) is 2. The number of nitrogens with zero attached hydrogens (tertiary/aromatic N) is 2. The minimum absolute atomic E-state index is 0. The Bertz CT molecular complexity index is 482. The summed E-state index contributed by atoms with van der Waals surface area (Å²) >= 11 is 0. The third kappa shape index (κ3) is 3.80. The molecule has 21 heavy (non-hydrogen) atoms. The molecule has 0 saturated carbocycles. The maximum absolute atomic E-state index is 12.7. The van der Waals surface area contributed by atoms with E-state index in [0.29, 0.717) is 5.92 Å². The molecule has 2 N–H and O–H groups in total. The van der Waals surface area contributed by atoms with E-state index in [1.807, 2.05) is 17.9 Å². The third-order valence-electron chi connectivity index (χ3n) is 4.50. The second-order valence-corrected chi connectivity index (χ2v) is 5.87. The van der Waals surface area contributed by atoms with Crippen LogP contribution in [0.25, 0.3) is 0 Å². The zero-order valence-corrected chi connectivity index (χ0v) is 14.2. The monoisotopic (exact) mass is 313 g/mol. The molecule has 2 heterocycles. The van der Waals surface area contributed by atoms with Gasteiger partial charge in [0, 0.05) is 31.0 Å². The number of nitrogens with two attached hydrogens (primary N) is 1. The van der Waals surface area contributed by atoms with Gasteiger partial charge in [-0.2, -0.15) is 0 Å². The molecule has 1 amide bonds. The van der Waals surface area contributed by atoms with Gasteiger partial charge in [0.2, 0.25) is 0 Å². The van der Waals surface area contributed by atoms with Crippen LogP contribution in [0.1, 0.15) is 47.9 Å². The number of carbonyl (C=O) groups is 1. The van der Waals surface area contributed by atoms with E-state index in [2.05, 4.69) is 18.4 Å². The normalized spacial score (nSPS) is 18.5. The predicted molar refractivity (Wildman–Crippen MR) is 89.1 cm³/mol. The van der Waals surface area contributed by atoms with E-state index in [1.54, 1.807) is 0 Å². The van der Waals surface area contributed by atoms with Gasteiger partial charge in [-0.15, -0.1) is 12.4 Å². The van der Waals surface area contributed by atoms with Crippen LogP contribution in [0.3, 0.4) is 0 Å². The van der Waals surface area contributed by atoms with Crippen LogP contribution >= 0.6 is 12.4 Å². The molecule has 1 aromatic rings.